The molecule has 1 atom stereocenters. The van der Waals surface area contributed by atoms with Crippen LogP contribution in [-0.4, -0.2) is 25.9 Å². The number of nitrogens with one attached hydrogen (secondary N) is 1. The average molecular weight is 371 g/mol. The molecule has 0 spiro atoms. The van der Waals surface area contributed by atoms with Crippen LogP contribution in [0.2, 0.25) is 0 Å². The molecule has 1 aliphatic heterocycles. The first-order valence-electron chi connectivity index (χ1n) is 7.80. The van der Waals surface area contributed by atoms with Gasteiger partial charge >= 0.3 is 5.88 Å². The van der Waals surface area contributed by atoms with Gasteiger partial charge in [-0.15, -0.1) is 10.2 Å². The molecule has 0 saturated heterocycles. The molecule has 2 aromatic heterocycles. The Balaban J connectivity index is 1.80. The van der Waals surface area contributed by atoms with E-state index in [0.717, 1.165) is 17.0 Å². The van der Waals surface area contributed by atoms with Crippen molar-refractivity contribution >= 4 is 23.3 Å². The summed E-state index contributed by atoms with van der Waals surface area (Å²) < 4.78 is 11.2. The fourth-order valence-corrected chi connectivity index (χ4v) is 3.05. The summed E-state index contributed by atoms with van der Waals surface area (Å²) in [6.45, 7) is 1.99. The first-order valence-corrected chi connectivity index (χ1v) is 8.78. The van der Waals surface area contributed by atoms with Crippen molar-refractivity contribution in [1.82, 2.24) is 15.2 Å². The average Bonchev–Trinajstić information content (AvgIpc) is 3.07. The van der Waals surface area contributed by atoms with E-state index in [1.54, 1.807) is 0 Å². The van der Waals surface area contributed by atoms with E-state index < -0.39 is 11.2 Å². The maximum Gasteiger partial charge on any atom is 0.433 e. The number of benzene rings is 1. The number of hydrogen-bond donors (Lipinski definition) is 1. The van der Waals surface area contributed by atoms with Gasteiger partial charge in [-0.1, -0.05) is 36.9 Å². The minimum atomic E-state index is -0.790. The Kier molecular flexibility index (Phi) is 4.17. The SMILES string of the molecule is CCSc1nnc2c(n1)O[C@@H](c1ccc([N+](=O)[O-])o1)Nc1ccccc1-2. The van der Waals surface area contributed by atoms with E-state index in [4.69, 9.17) is 9.15 Å². The predicted molar refractivity (Wildman–Crippen MR) is 94.0 cm³/mol. The third-order valence-electron chi connectivity index (χ3n) is 3.66. The minimum absolute atomic E-state index is 0.266. The number of furan rings is 1. The minimum Gasteiger partial charge on any atom is -0.444 e. The number of fused-ring (bicyclic) bond motifs is 3. The molecule has 0 aliphatic carbocycles. The predicted octanol–water partition coefficient (Wildman–Crippen LogP) is 3.65. The third kappa shape index (κ3) is 2.94. The van der Waals surface area contributed by atoms with Gasteiger partial charge in [0.05, 0.1) is 6.07 Å². The van der Waals surface area contributed by atoms with Crippen LogP contribution in [0.1, 0.15) is 18.9 Å². The van der Waals surface area contributed by atoms with Crippen LogP contribution >= 0.6 is 11.8 Å². The number of para-hydroxylation sites is 1. The number of hydrogen-bond acceptors (Lipinski definition) is 9. The largest absolute Gasteiger partial charge is 0.444 e. The molecule has 0 fully saturated rings. The summed E-state index contributed by atoms with van der Waals surface area (Å²) in [4.78, 5) is 14.7. The van der Waals surface area contributed by atoms with Crippen LogP contribution in [0.25, 0.3) is 11.3 Å². The third-order valence-corrected chi connectivity index (χ3v) is 4.38. The molecule has 0 radical (unpaired) electrons. The van der Waals surface area contributed by atoms with Crippen LogP contribution in [0, 0.1) is 10.1 Å². The highest BCUT2D eigenvalue weighted by molar-refractivity contribution is 7.99. The Morgan fingerprint density at radius 3 is 2.88 bits per heavy atom. The molecule has 1 aromatic carbocycles. The van der Waals surface area contributed by atoms with Crippen LogP contribution in [0.4, 0.5) is 11.6 Å². The molecule has 0 bridgehead atoms. The topological polar surface area (TPSA) is 116 Å². The Morgan fingerprint density at radius 2 is 2.12 bits per heavy atom. The van der Waals surface area contributed by atoms with E-state index in [9.17, 15) is 10.1 Å². The highest BCUT2D eigenvalue weighted by Gasteiger charge is 2.29. The molecule has 0 saturated carbocycles. The summed E-state index contributed by atoms with van der Waals surface area (Å²) in [6, 6.07) is 10.3. The molecule has 0 amide bonds. The van der Waals surface area contributed by atoms with E-state index in [2.05, 4.69) is 20.5 Å². The van der Waals surface area contributed by atoms with Crippen molar-refractivity contribution in [2.75, 3.05) is 11.1 Å². The Labute approximate surface area is 151 Å². The first kappa shape index (κ1) is 16.3. The van der Waals surface area contributed by atoms with Crippen LogP contribution in [-0.2, 0) is 0 Å². The van der Waals surface area contributed by atoms with Gasteiger partial charge in [-0.2, -0.15) is 4.98 Å². The van der Waals surface area contributed by atoms with Crippen LogP contribution in [0.3, 0.4) is 0 Å². The van der Waals surface area contributed by atoms with Gasteiger partial charge in [-0.3, -0.25) is 10.1 Å². The standard InChI is InChI=1S/C16H13N5O4S/c1-2-26-16-18-15-13(19-20-16)9-5-3-4-6-10(9)17-14(25-15)11-7-8-12(24-11)21(22)23/h3-8,14,17H,2H2,1H3/t14-/m0/s1. The summed E-state index contributed by atoms with van der Waals surface area (Å²) >= 11 is 1.44. The molecule has 3 heterocycles. The smallest absolute Gasteiger partial charge is 0.433 e. The fraction of sp³-hybridized carbons (Fsp3) is 0.188. The van der Waals surface area contributed by atoms with Gasteiger partial charge in [0.2, 0.25) is 17.3 Å². The van der Waals surface area contributed by atoms with Crippen molar-refractivity contribution in [3.63, 3.8) is 0 Å². The number of anilines is 1. The van der Waals surface area contributed by atoms with Crippen molar-refractivity contribution in [3.05, 3.63) is 52.3 Å². The second-order valence-corrected chi connectivity index (χ2v) is 6.53. The zero-order chi connectivity index (χ0) is 18.1. The van der Waals surface area contributed by atoms with Crippen molar-refractivity contribution in [3.8, 4) is 17.1 Å². The van der Waals surface area contributed by atoms with Gasteiger partial charge in [0, 0.05) is 11.3 Å². The van der Waals surface area contributed by atoms with E-state index in [-0.39, 0.29) is 17.5 Å². The number of thioether (sulfide) groups is 1. The van der Waals surface area contributed by atoms with Crippen LogP contribution in [0.15, 0.2) is 46.0 Å². The van der Waals surface area contributed by atoms with Crippen molar-refractivity contribution in [2.45, 2.75) is 18.3 Å². The lowest BCUT2D eigenvalue weighted by Crippen LogP contribution is -2.16. The number of rotatable bonds is 4. The Hall–Kier alpha value is -3.14. The molecule has 0 unspecified atom stereocenters. The second kappa shape index (κ2) is 6.64. The second-order valence-electron chi connectivity index (χ2n) is 5.30. The van der Waals surface area contributed by atoms with Crippen molar-refractivity contribution in [2.24, 2.45) is 0 Å². The Morgan fingerprint density at radius 1 is 1.27 bits per heavy atom. The monoisotopic (exact) mass is 371 g/mol. The van der Waals surface area contributed by atoms with Gasteiger partial charge in [0.1, 0.15) is 4.92 Å². The number of aromatic nitrogens is 3. The molecular weight excluding hydrogens is 358 g/mol. The quantitative estimate of drug-likeness (QED) is 0.416. The van der Waals surface area contributed by atoms with Gasteiger partial charge < -0.3 is 14.5 Å². The number of nitro groups is 1. The summed E-state index contributed by atoms with van der Waals surface area (Å²) in [5.74, 6) is 0.995. The van der Waals surface area contributed by atoms with Gasteiger partial charge in [-0.25, -0.2) is 0 Å². The Bertz CT molecular complexity index is 977. The van der Waals surface area contributed by atoms with Gasteiger partial charge in [0.15, 0.2) is 11.5 Å². The van der Waals surface area contributed by atoms with E-state index >= 15 is 0 Å². The molecule has 1 N–H and O–H groups in total. The fourth-order valence-electron chi connectivity index (χ4n) is 2.55. The molecule has 26 heavy (non-hydrogen) atoms. The van der Waals surface area contributed by atoms with Crippen molar-refractivity contribution in [1.29, 1.82) is 0 Å². The normalized spacial score (nSPS) is 15.2. The maximum atomic E-state index is 10.9. The highest BCUT2D eigenvalue weighted by Crippen LogP contribution is 2.40. The zero-order valence-electron chi connectivity index (χ0n) is 13.6. The lowest BCUT2D eigenvalue weighted by molar-refractivity contribution is -0.402. The van der Waals surface area contributed by atoms with E-state index in [1.165, 1.54) is 23.9 Å². The van der Waals surface area contributed by atoms with Crippen LogP contribution in [0.5, 0.6) is 5.88 Å². The summed E-state index contributed by atoms with van der Waals surface area (Å²) in [7, 11) is 0. The van der Waals surface area contributed by atoms with E-state index in [1.807, 2.05) is 31.2 Å². The van der Waals surface area contributed by atoms with Crippen LogP contribution < -0.4 is 10.1 Å². The molecule has 1 aliphatic rings. The molecular formula is C16H13N5O4S. The molecule has 3 aromatic rings. The number of ether oxygens (including phenoxy) is 1. The molecule has 132 valence electrons. The summed E-state index contributed by atoms with van der Waals surface area (Å²) in [6.07, 6.45) is -0.790. The van der Waals surface area contributed by atoms with Crippen molar-refractivity contribution < 1.29 is 14.1 Å². The highest BCUT2D eigenvalue weighted by atomic mass is 32.2. The zero-order valence-corrected chi connectivity index (χ0v) is 14.4. The summed E-state index contributed by atoms with van der Waals surface area (Å²) in [5, 5.41) is 23.0. The lowest BCUT2D eigenvalue weighted by Gasteiger charge is -2.16. The van der Waals surface area contributed by atoms with Gasteiger partial charge in [0.25, 0.3) is 0 Å². The summed E-state index contributed by atoms with van der Waals surface area (Å²) in [5.41, 5.74) is 2.01. The van der Waals surface area contributed by atoms with Gasteiger partial charge in [-0.05, 0) is 17.9 Å². The van der Waals surface area contributed by atoms with E-state index in [0.29, 0.717) is 10.9 Å². The maximum absolute atomic E-state index is 10.9. The molecule has 9 nitrogen and oxygen atoms in total. The molecule has 10 heteroatoms. The lowest BCUT2D eigenvalue weighted by atomic mass is 10.1. The first-order chi connectivity index (χ1) is 12.7. The number of nitrogens with zero attached hydrogens (tertiary/aromatic N) is 4. The molecule has 4 rings (SSSR count).